The quantitative estimate of drug-likeness (QED) is 0.641. The molecule has 0 aliphatic carbocycles. The molecule has 2 heterocycles. The van der Waals surface area contributed by atoms with E-state index in [1.807, 2.05) is 36.4 Å². The highest BCUT2D eigenvalue weighted by atomic mass is 35.5. The number of benzene rings is 2. The minimum absolute atomic E-state index is 0.408. The Bertz CT molecular complexity index is 963. The third-order valence-electron chi connectivity index (χ3n) is 4.30. The topological polar surface area (TPSA) is 51.2 Å². The number of carbonyl (C=O) groups is 1. The number of halogens is 2. The van der Waals surface area contributed by atoms with Gasteiger partial charge in [-0.25, -0.2) is 4.79 Å². The lowest BCUT2D eigenvalue weighted by Crippen LogP contribution is -2.20. The van der Waals surface area contributed by atoms with Gasteiger partial charge in [-0.3, -0.25) is 4.98 Å². The maximum Gasteiger partial charge on any atom is 0.408 e. The van der Waals surface area contributed by atoms with Gasteiger partial charge in [0.1, 0.15) is 6.04 Å². The molecule has 2 aromatic carbocycles. The Kier molecular flexibility index (Phi) is 4.53. The van der Waals surface area contributed by atoms with Gasteiger partial charge in [-0.05, 0) is 35.4 Å². The maximum atomic E-state index is 11.9. The van der Waals surface area contributed by atoms with Crippen LogP contribution in [0.25, 0.3) is 11.1 Å². The Morgan fingerprint density at radius 1 is 0.962 bits per heavy atom. The highest BCUT2D eigenvalue weighted by Crippen LogP contribution is 2.41. The van der Waals surface area contributed by atoms with Gasteiger partial charge in [-0.2, -0.15) is 0 Å². The molecule has 26 heavy (non-hydrogen) atoms. The highest BCUT2D eigenvalue weighted by molar-refractivity contribution is 6.33. The molecule has 0 bridgehead atoms. The van der Waals surface area contributed by atoms with Gasteiger partial charge in [0.25, 0.3) is 0 Å². The number of alkyl carbamates (subject to hydrolysis) is 1. The average molecular weight is 385 g/mol. The molecular formula is C20H14Cl2N2O2. The standard InChI is InChI=1S/C20H14Cl2N2O2/c21-15-6-7-17(22)16(9-15)19-18(24-20(25)26-19)14-8-13(10-23-11-14)12-4-2-1-3-5-12/h1-11,18-19H,(H,24,25)/t18-,19+/m1/s1. The molecule has 1 aromatic heterocycles. The summed E-state index contributed by atoms with van der Waals surface area (Å²) in [6, 6.07) is 16.6. The van der Waals surface area contributed by atoms with Crippen molar-refractivity contribution in [2.24, 2.45) is 0 Å². The van der Waals surface area contributed by atoms with Crippen LogP contribution in [0.15, 0.2) is 67.0 Å². The zero-order valence-electron chi connectivity index (χ0n) is 13.5. The van der Waals surface area contributed by atoms with E-state index in [9.17, 15) is 4.79 Å². The summed E-state index contributed by atoms with van der Waals surface area (Å²) >= 11 is 12.4. The smallest absolute Gasteiger partial charge is 0.408 e. The van der Waals surface area contributed by atoms with Crippen molar-refractivity contribution in [1.29, 1.82) is 0 Å². The Labute approximate surface area is 160 Å². The van der Waals surface area contributed by atoms with Crippen LogP contribution in [0.1, 0.15) is 23.3 Å². The Hall–Kier alpha value is -2.56. The molecule has 0 radical (unpaired) electrons. The van der Waals surface area contributed by atoms with Crippen LogP contribution >= 0.6 is 23.2 Å². The van der Waals surface area contributed by atoms with Crippen molar-refractivity contribution in [3.63, 3.8) is 0 Å². The molecule has 0 unspecified atom stereocenters. The summed E-state index contributed by atoms with van der Waals surface area (Å²) in [5, 5.41) is 3.86. The van der Waals surface area contributed by atoms with E-state index in [1.165, 1.54) is 0 Å². The number of aromatic nitrogens is 1. The lowest BCUT2D eigenvalue weighted by atomic mass is 9.95. The third kappa shape index (κ3) is 3.26. The maximum absolute atomic E-state index is 11.9. The number of rotatable bonds is 3. The fourth-order valence-corrected chi connectivity index (χ4v) is 3.48. The first kappa shape index (κ1) is 16.9. The molecule has 6 heteroatoms. The third-order valence-corrected chi connectivity index (χ3v) is 4.88. The monoisotopic (exact) mass is 384 g/mol. The summed E-state index contributed by atoms with van der Waals surface area (Å²) in [6.45, 7) is 0. The summed E-state index contributed by atoms with van der Waals surface area (Å²) in [5.41, 5.74) is 3.50. The predicted molar refractivity (Wildman–Crippen MR) is 101 cm³/mol. The van der Waals surface area contributed by atoms with Gasteiger partial charge in [0.2, 0.25) is 0 Å². The second-order valence-corrected chi connectivity index (χ2v) is 6.83. The number of cyclic esters (lactones) is 1. The molecule has 1 aliphatic rings. The van der Waals surface area contributed by atoms with Gasteiger partial charge in [0.05, 0.1) is 0 Å². The number of amides is 1. The van der Waals surface area contributed by atoms with Gasteiger partial charge >= 0.3 is 6.09 Å². The average Bonchev–Trinajstić information content (AvgIpc) is 3.06. The Balaban J connectivity index is 1.74. The van der Waals surface area contributed by atoms with Crippen molar-refractivity contribution in [1.82, 2.24) is 10.3 Å². The van der Waals surface area contributed by atoms with E-state index in [4.69, 9.17) is 27.9 Å². The minimum Gasteiger partial charge on any atom is -0.439 e. The molecule has 3 aromatic rings. The first-order valence-corrected chi connectivity index (χ1v) is 8.80. The van der Waals surface area contributed by atoms with Gasteiger partial charge in [-0.1, -0.05) is 53.5 Å². The van der Waals surface area contributed by atoms with Gasteiger partial charge in [0.15, 0.2) is 6.10 Å². The van der Waals surface area contributed by atoms with Crippen LogP contribution in [-0.2, 0) is 4.74 Å². The lowest BCUT2D eigenvalue weighted by molar-refractivity contribution is 0.132. The lowest BCUT2D eigenvalue weighted by Gasteiger charge is -2.19. The molecular weight excluding hydrogens is 371 g/mol. The molecule has 1 saturated heterocycles. The number of nitrogens with zero attached hydrogens (tertiary/aromatic N) is 1. The van der Waals surface area contributed by atoms with Gasteiger partial charge in [0, 0.05) is 33.6 Å². The minimum atomic E-state index is -0.582. The first-order valence-electron chi connectivity index (χ1n) is 8.04. The van der Waals surface area contributed by atoms with E-state index >= 15 is 0 Å². The van der Waals surface area contributed by atoms with Crippen LogP contribution in [0.2, 0.25) is 10.0 Å². The molecule has 4 nitrogen and oxygen atoms in total. The molecule has 2 atom stereocenters. The number of ether oxygens (including phenoxy) is 1. The molecule has 130 valence electrons. The van der Waals surface area contributed by atoms with Crippen molar-refractivity contribution < 1.29 is 9.53 Å². The molecule has 1 fully saturated rings. The van der Waals surface area contributed by atoms with Crippen molar-refractivity contribution in [3.8, 4) is 11.1 Å². The van der Waals surface area contributed by atoms with Crippen LogP contribution in [0.5, 0.6) is 0 Å². The van der Waals surface area contributed by atoms with E-state index in [1.54, 1.807) is 30.6 Å². The second kappa shape index (κ2) is 6.98. The predicted octanol–water partition coefficient (Wildman–Crippen LogP) is 5.58. The number of hydrogen-bond donors (Lipinski definition) is 1. The van der Waals surface area contributed by atoms with Gasteiger partial charge in [-0.15, -0.1) is 0 Å². The van der Waals surface area contributed by atoms with Crippen LogP contribution in [0.3, 0.4) is 0 Å². The van der Waals surface area contributed by atoms with Crippen molar-refractivity contribution in [3.05, 3.63) is 88.2 Å². The van der Waals surface area contributed by atoms with Crippen molar-refractivity contribution in [2.75, 3.05) is 0 Å². The molecule has 0 spiro atoms. The first-order chi connectivity index (χ1) is 12.6. The highest BCUT2D eigenvalue weighted by Gasteiger charge is 2.38. The second-order valence-electron chi connectivity index (χ2n) is 5.99. The van der Waals surface area contributed by atoms with E-state index in [0.29, 0.717) is 15.6 Å². The van der Waals surface area contributed by atoms with E-state index in [-0.39, 0.29) is 0 Å². The number of carbonyl (C=O) groups excluding carboxylic acids is 1. The summed E-state index contributed by atoms with van der Waals surface area (Å²) in [7, 11) is 0. The van der Waals surface area contributed by atoms with E-state index in [0.717, 1.165) is 16.7 Å². The van der Waals surface area contributed by atoms with Crippen LogP contribution in [0.4, 0.5) is 4.79 Å². The van der Waals surface area contributed by atoms with Crippen LogP contribution in [-0.4, -0.2) is 11.1 Å². The Morgan fingerprint density at radius 3 is 2.58 bits per heavy atom. The number of pyridine rings is 1. The normalized spacial score (nSPS) is 19.1. The molecule has 4 rings (SSSR count). The summed E-state index contributed by atoms with van der Waals surface area (Å²) in [4.78, 5) is 16.3. The van der Waals surface area contributed by atoms with Crippen LogP contribution < -0.4 is 5.32 Å². The largest absolute Gasteiger partial charge is 0.439 e. The zero-order valence-corrected chi connectivity index (χ0v) is 15.0. The fourth-order valence-electron chi connectivity index (χ4n) is 3.07. The van der Waals surface area contributed by atoms with Crippen molar-refractivity contribution >= 4 is 29.3 Å². The molecule has 1 N–H and O–H groups in total. The molecule has 1 aliphatic heterocycles. The van der Waals surface area contributed by atoms with Gasteiger partial charge < -0.3 is 10.1 Å². The SMILES string of the molecule is O=C1N[C@H](c2cncc(-c3ccccc3)c2)[C@H](c2cc(Cl)ccc2Cl)O1. The van der Waals surface area contributed by atoms with Crippen molar-refractivity contribution in [2.45, 2.75) is 12.1 Å². The molecule has 0 saturated carbocycles. The summed E-state index contributed by atoms with van der Waals surface area (Å²) in [6.07, 6.45) is 2.43. The Morgan fingerprint density at radius 2 is 1.77 bits per heavy atom. The zero-order chi connectivity index (χ0) is 18.1. The summed E-state index contributed by atoms with van der Waals surface area (Å²) < 4.78 is 5.47. The van der Waals surface area contributed by atoms with E-state index in [2.05, 4.69) is 10.3 Å². The van der Waals surface area contributed by atoms with E-state index < -0.39 is 18.2 Å². The molecule has 1 amide bonds. The summed E-state index contributed by atoms with van der Waals surface area (Å²) in [5.74, 6) is 0. The number of nitrogens with one attached hydrogen (secondary N) is 1. The number of hydrogen-bond acceptors (Lipinski definition) is 3. The van der Waals surface area contributed by atoms with Crippen LogP contribution in [0, 0.1) is 0 Å². The fraction of sp³-hybridized carbons (Fsp3) is 0.100.